The van der Waals surface area contributed by atoms with Crippen LogP contribution in [0.3, 0.4) is 0 Å². The van der Waals surface area contributed by atoms with E-state index in [0.29, 0.717) is 24.0 Å². The number of hydrogen-bond donors (Lipinski definition) is 1. The number of benzene rings is 1. The number of hydrogen-bond acceptors (Lipinski definition) is 4. The van der Waals surface area contributed by atoms with Gasteiger partial charge in [-0.25, -0.2) is 4.79 Å². The van der Waals surface area contributed by atoms with E-state index in [9.17, 15) is 9.59 Å². The molecule has 1 aromatic carbocycles. The van der Waals surface area contributed by atoms with Crippen molar-refractivity contribution in [1.29, 1.82) is 0 Å². The Morgan fingerprint density at radius 1 is 1.17 bits per heavy atom. The molecule has 0 bridgehead atoms. The Morgan fingerprint density at radius 2 is 1.78 bits per heavy atom. The predicted octanol–water partition coefficient (Wildman–Crippen LogP) is 2.56. The van der Waals surface area contributed by atoms with Crippen molar-refractivity contribution in [3.8, 4) is 5.75 Å². The van der Waals surface area contributed by atoms with Crippen LogP contribution in [0.1, 0.15) is 27.2 Å². The number of anilines is 1. The third-order valence-corrected chi connectivity index (χ3v) is 3.33. The number of carboxylic acids is 1. The van der Waals surface area contributed by atoms with Gasteiger partial charge in [-0.2, -0.15) is 0 Å². The first-order valence-electron chi connectivity index (χ1n) is 7.65. The largest absolute Gasteiger partial charge is 0.482 e. The normalized spacial score (nSPS) is 12.0. The highest BCUT2D eigenvalue weighted by molar-refractivity contribution is 5.95. The topological polar surface area (TPSA) is 76.1 Å². The van der Waals surface area contributed by atoms with Crippen molar-refractivity contribution >= 4 is 17.6 Å². The molecule has 1 amide bonds. The van der Waals surface area contributed by atoms with Gasteiger partial charge in [-0.1, -0.05) is 13.8 Å². The van der Waals surface area contributed by atoms with Gasteiger partial charge in [0, 0.05) is 19.3 Å². The Kier molecular flexibility index (Phi) is 7.54. The first-order chi connectivity index (χ1) is 10.8. The molecular weight excluding hydrogens is 298 g/mol. The van der Waals surface area contributed by atoms with Crippen LogP contribution in [0.5, 0.6) is 5.75 Å². The Morgan fingerprint density at radius 3 is 2.30 bits per heavy atom. The second-order valence-corrected chi connectivity index (χ2v) is 5.77. The van der Waals surface area contributed by atoms with E-state index in [2.05, 4.69) is 13.8 Å². The van der Waals surface area contributed by atoms with E-state index in [-0.39, 0.29) is 5.91 Å². The average molecular weight is 323 g/mol. The molecule has 1 aromatic rings. The Hall–Kier alpha value is -2.08. The maximum atomic E-state index is 12.3. The summed E-state index contributed by atoms with van der Waals surface area (Å²) in [7, 11) is 1.68. The van der Waals surface area contributed by atoms with Crippen LogP contribution in [0.4, 0.5) is 5.69 Å². The van der Waals surface area contributed by atoms with Crippen LogP contribution in [0, 0.1) is 5.92 Å². The third-order valence-electron chi connectivity index (χ3n) is 3.33. The maximum Gasteiger partial charge on any atom is 0.341 e. The van der Waals surface area contributed by atoms with E-state index in [1.54, 1.807) is 38.2 Å². The van der Waals surface area contributed by atoms with Crippen molar-refractivity contribution < 1.29 is 24.2 Å². The van der Waals surface area contributed by atoms with Crippen molar-refractivity contribution in [2.75, 3.05) is 25.2 Å². The molecule has 0 aliphatic rings. The molecule has 0 radical (unpaired) electrons. The van der Waals surface area contributed by atoms with E-state index in [4.69, 9.17) is 14.6 Å². The summed E-state index contributed by atoms with van der Waals surface area (Å²) in [6.45, 7) is 6.12. The molecule has 6 nitrogen and oxygen atoms in total. The summed E-state index contributed by atoms with van der Waals surface area (Å²) in [6, 6.07) is 6.67. The average Bonchev–Trinajstić information content (AvgIpc) is 2.51. The first kappa shape index (κ1) is 19.0. The van der Waals surface area contributed by atoms with Crippen LogP contribution in [0.15, 0.2) is 24.3 Å². The molecule has 0 heterocycles. The van der Waals surface area contributed by atoms with Crippen molar-refractivity contribution in [2.45, 2.75) is 33.3 Å². The highest BCUT2D eigenvalue weighted by Gasteiger charge is 2.19. The summed E-state index contributed by atoms with van der Waals surface area (Å²) in [5.41, 5.74) is 0.692. The fraction of sp³-hybridized carbons (Fsp3) is 0.529. The fourth-order valence-corrected chi connectivity index (χ4v) is 1.86. The standard InChI is InChI=1S/C17H25NO5/c1-12(2)9-10-22-13(3)17(21)18(4)14-5-7-15(8-6-14)23-11-16(19)20/h5-8,12-13H,9-11H2,1-4H3,(H,19,20). The minimum atomic E-state index is -1.03. The molecule has 1 N–H and O–H groups in total. The van der Waals surface area contributed by atoms with Gasteiger partial charge in [-0.3, -0.25) is 4.79 Å². The van der Waals surface area contributed by atoms with Gasteiger partial charge in [0.2, 0.25) is 0 Å². The SMILES string of the molecule is CC(C)CCOC(C)C(=O)N(C)c1ccc(OCC(=O)O)cc1. The minimum absolute atomic E-state index is 0.132. The zero-order valence-corrected chi connectivity index (χ0v) is 14.1. The molecule has 6 heteroatoms. The predicted molar refractivity (Wildman–Crippen MR) is 87.9 cm³/mol. The summed E-state index contributed by atoms with van der Waals surface area (Å²) in [6.07, 6.45) is 0.401. The fourth-order valence-electron chi connectivity index (χ4n) is 1.86. The molecular formula is C17H25NO5. The van der Waals surface area contributed by atoms with E-state index >= 15 is 0 Å². The van der Waals surface area contributed by atoms with Gasteiger partial charge in [0.05, 0.1) is 0 Å². The molecule has 0 saturated carbocycles. The lowest BCUT2D eigenvalue weighted by Gasteiger charge is -2.22. The third kappa shape index (κ3) is 6.69. The highest BCUT2D eigenvalue weighted by atomic mass is 16.5. The number of aliphatic carboxylic acids is 1. The molecule has 0 spiro atoms. The Balaban J connectivity index is 2.56. The molecule has 23 heavy (non-hydrogen) atoms. The maximum absolute atomic E-state index is 12.3. The molecule has 0 aliphatic heterocycles. The molecule has 0 saturated heterocycles. The summed E-state index contributed by atoms with van der Waals surface area (Å²) in [5.74, 6) is -0.187. The number of likely N-dealkylation sites (N-methyl/N-ethyl adjacent to an activating group) is 1. The van der Waals surface area contributed by atoms with Crippen LogP contribution in [-0.4, -0.2) is 43.3 Å². The molecule has 0 aromatic heterocycles. The number of amides is 1. The van der Waals surface area contributed by atoms with Crippen LogP contribution in [-0.2, 0) is 14.3 Å². The molecule has 1 unspecified atom stereocenters. The number of carboxylic acid groups (broad SMARTS) is 1. The van der Waals surface area contributed by atoms with Gasteiger partial charge in [-0.05, 0) is 43.5 Å². The lowest BCUT2D eigenvalue weighted by Crippen LogP contribution is -2.36. The molecule has 128 valence electrons. The van der Waals surface area contributed by atoms with Crippen LogP contribution in [0.2, 0.25) is 0 Å². The Labute approximate surface area is 137 Å². The summed E-state index contributed by atoms with van der Waals surface area (Å²) < 4.78 is 10.6. The highest BCUT2D eigenvalue weighted by Crippen LogP contribution is 2.19. The van der Waals surface area contributed by atoms with Crippen molar-refractivity contribution in [3.05, 3.63) is 24.3 Å². The number of ether oxygens (including phenoxy) is 2. The van der Waals surface area contributed by atoms with Gasteiger partial charge in [-0.15, -0.1) is 0 Å². The Bertz CT molecular complexity index is 512. The summed E-state index contributed by atoms with van der Waals surface area (Å²) >= 11 is 0. The van der Waals surface area contributed by atoms with Crippen molar-refractivity contribution in [1.82, 2.24) is 0 Å². The van der Waals surface area contributed by atoms with Crippen molar-refractivity contribution in [3.63, 3.8) is 0 Å². The van der Waals surface area contributed by atoms with Crippen LogP contribution in [0.25, 0.3) is 0 Å². The van der Waals surface area contributed by atoms with E-state index < -0.39 is 18.7 Å². The van der Waals surface area contributed by atoms with Gasteiger partial charge < -0.3 is 19.5 Å². The first-order valence-corrected chi connectivity index (χ1v) is 7.65. The number of nitrogens with zero attached hydrogens (tertiary/aromatic N) is 1. The molecule has 1 atom stereocenters. The zero-order valence-electron chi connectivity index (χ0n) is 14.1. The molecule has 1 rings (SSSR count). The minimum Gasteiger partial charge on any atom is -0.482 e. The summed E-state index contributed by atoms with van der Waals surface area (Å²) in [4.78, 5) is 24.3. The van der Waals surface area contributed by atoms with Crippen LogP contribution >= 0.6 is 0 Å². The quantitative estimate of drug-likeness (QED) is 0.756. The van der Waals surface area contributed by atoms with Crippen molar-refractivity contribution in [2.24, 2.45) is 5.92 Å². The smallest absolute Gasteiger partial charge is 0.341 e. The van der Waals surface area contributed by atoms with Gasteiger partial charge in [0.25, 0.3) is 5.91 Å². The van der Waals surface area contributed by atoms with E-state index in [0.717, 1.165) is 6.42 Å². The van der Waals surface area contributed by atoms with E-state index in [1.165, 1.54) is 4.90 Å². The number of rotatable bonds is 9. The lowest BCUT2D eigenvalue weighted by atomic mass is 10.1. The van der Waals surface area contributed by atoms with Gasteiger partial charge in [0.15, 0.2) is 6.61 Å². The molecule has 0 aliphatic carbocycles. The number of carbonyl (C=O) groups is 2. The second-order valence-electron chi connectivity index (χ2n) is 5.77. The number of carbonyl (C=O) groups excluding carboxylic acids is 1. The van der Waals surface area contributed by atoms with Crippen LogP contribution < -0.4 is 9.64 Å². The molecule has 0 fully saturated rings. The zero-order chi connectivity index (χ0) is 17.4. The monoisotopic (exact) mass is 323 g/mol. The van der Waals surface area contributed by atoms with E-state index in [1.807, 2.05) is 0 Å². The summed E-state index contributed by atoms with van der Waals surface area (Å²) in [5, 5.41) is 8.56. The second kappa shape index (κ2) is 9.15. The lowest BCUT2D eigenvalue weighted by molar-refractivity contribution is -0.139. The van der Waals surface area contributed by atoms with Gasteiger partial charge in [0.1, 0.15) is 11.9 Å². The van der Waals surface area contributed by atoms with Gasteiger partial charge >= 0.3 is 5.97 Å².